The minimum absolute atomic E-state index is 0.00927. The van der Waals surface area contributed by atoms with Crippen molar-refractivity contribution in [3.05, 3.63) is 29.8 Å². The Morgan fingerprint density at radius 1 is 1.30 bits per heavy atom. The van der Waals surface area contributed by atoms with E-state index in [1.165, 1.54) is 0 Å². The zero-order chi connectivity index (χ0) is 14.8. The van der Waals surface area contributed by atoms with Crippen LogP contribution in [0.4, 0.5) is 0 Å². The van der Waals surface area contributed by atoms with Crippen LogP contribution in [0.15, 0.2) is 34.2 Å². The second-order valence-electron chi connectivity index (χ2n) is 5.82. The third-order valence-electron chi connectivity index (χ3n) is 3.39. The first kappa shape index (κ1) is 15.0. The van der Waals surface area contributed by atoms with E-state index in [1.54, 1.807) is 18.2 Å². The summed E-state index contributed by atoms with van der Waals surface area (Å²) in [5.41, 5.74) is 6.19. The van der Waals surface area contributed by atoms with E-state index >= 15 is 0 Å². The van der Waals surface area contributed by atoms with Crippen molar-refractivity contribution in [3.63, 3.8) is 0 Å². The van der Waals surface area contributed by atoms with Crippen LogP contribution in [-0.2, 0) is 10.0 Å². The molecule has 0 aliphatic carbocycles. The number of amidine groups is 1. The average Bonchev–Trinajstić information content (AvgIpc) is 2.67. The lowest BCUT2D eigenvalue weighted by molar-refractivity contribution is 0.340. The van der Waals surface area contributed by atoms with Crippen LogP contribution in [0.5, 0.6) is 0 Å². The molecule has 3 N–H and O–H groups in total. The van der Waals surface area contributed by atoms with Crippen LogP contribution in [0, 0.1) is 5.41 Å². The van der Waals surface area contributed by atoms with Gasteiger partial charge in [0.2, 0.25) is 0 Å². The summed E-state index contributed by atoms with van der Waals surface area (Å²) < 4.78 is 26.4. The summed E-state index contributed by atoms with van der Waals surface area (Å²) in [7, 11) is -3.44. The number of hydrogen-bond acceptors (Lipinski definition) is 4. The molecule has 0 spiro atoms. The number of sulfonamides is 1. The predicted octanol–water partition coefficient (Wildman–Crippen LogP) is 1.49. The zero-order valence-electron chi connectivity index (χ0n) is 11.9. The van der Waals surface area contributed by atoms with Gasteiger partial charge in [-0.2, -0.15) is 0 Å². The molecular formula is C14H21N3O2S. The summed E-state index contributed by atoms with van der Waals surface area (Å²) in [5.74, 6) is 0.446. The van der Waals surface area contributed by atoms with Crippen molar-refractivity contribution in [1.82, 2.24) is 4.72 Å². The lowest BCUT2D eigenvalue weighted by Crippen LogP contribution is -2.25. The largest absolute Gasteiger partial charge is 0.330 e. The SMILES string of the molecule is CC(C)(CCCN)CN=C1NS(=O)(=O)c2ccccc21. The van der Waals surface area contributed by atoms with E-state index in [0.717, 1.165) is 12.8 Å². The molecule has 20 heavy (non-hydrogen) atoms. The number of benzene rings is 1. The Hall–Kier alpha value is -1.40. The third kappa shape index (κ3) is 3.19. The summed E-state index contributed by atoms with van der Waals surface area (Å²) in [5, 5.41) is 0. The molecule has 1 aromatic carbocycles. The molecule has 0 aromatic heterocycles. The minimum Gasteiger partial charge on any atom is -0.330 e. The predicted molar refractivity (Wildman–Crippen MR) is 80.2 cm³/mol. The molecule has 5 nitrogen and oxygen atoms in total. The molecule has 1 aromatic rings. The topological polar surface area (TPSA) is 84.5 Å². The number of hydrogen-bond donors (Lipinski definition) is 2. The van der Waals surface area contributed by atoms with Crippen LogP contribution in [-0.4, -0.2) is 27.3 Å². The van der Waals surface area contributed by atoms with Crippen molar-refractivity contribution in [1.29, 1.82) is 0 Å². The van der Waals surface area contributed by atoms with Gasteiger partial charge in [0.25, 0.3) is 10.0 Å². The Kier molecular flexibility index (Phi) is 4.15. The first-order chi connectivity index (χ1) is 9.36. The third-order valence-corrected chi connectivity index (χ3v) is 4.78. The van der Waals surface area contributed by atoms with Crippen LogP contribution in [0.25, 0.3) is 0 Å². The molecule has 0 unspecified atom stereocenters. The maximum Gasteiger partial charge on any atom is 0.263 e. The van der Waals surface area contributed by atoms with Gasteiger partial charge < -0.3 is 5.73 Å². The number of rotatable bonds is 5. The minimum atomic E-state index is -3.44. The van der Waals surface area contributed by atoms with Crippen LogP contribution in [0.2, 0.25) is 0 Å². The Morgan fingerprint density at radius 2 is 2.00 bits per heavy atom. The highest BCUT2D eigenvalue weighted by molar-refractivity contribution is 7.90. The Morgan fingerprint density at radius 3 is 2.70 bits per heavy atom. The summed E-state index contributed by atoms with van der Waals surface area (Å²) >= 11 is 0. The molecule has 0 bridgehead atoms. The molecule has 0 saturated carbocycles. The molecule has 0 fully saturated rings. The summed E-state index contributed by atoms with van der Waals surface area (Å²) in [6, 6.07) is 6.90. The van der Waals surface area contributed by atoms with E-state index in [2.05, 4.69) is 23.6 Å². The molecular weight excluding hydrogens is 274 g/mol. The molecule has 1 aliphatic heterocycles. The Labute approximate surface area is 120 Å². The normalized spacial score (nSPS) is 18.9. The van der Waals surface area contributed by atoms with Gasteiger partial charge in [-0.1, -0.05) is 26.0 Å². The van der Waals surface area contributed by atoms with E-state index in [4.69, 9.17) is 5.73 Å². The van der Waals surface area contributed by atoms with Gasteiger partial charge in [0, 0.05) is 12.1 Å². The number of fused-ring (bicyclic) bond motifs is 1. The molecule has 110 valence electrons. The van der Waals surface area contributed by atoms with Gasteiger partial charge in [0.1, 0.15) is 5.84 Å². The quantitative estimate of drug-likeness (QED) is 0.863. The highest BCUT2D eigenvalue weighted by Crippen LogP contribution is 2.25. The van der Waals surface area contributed by atoms with E-state index in [-0.39, 0.29) is 5.41 Å². The van der Waals surface area contributed by atoms with E-state index in [9.17, 15) is 8.42 Å². The first-order valence-corrected chi connectivity index (χ1v) is 8.21. The van der Waals surface area contributed by atoms with Gasteiger partial charge in [0.15, 0.2) is 0 Å². The highest BCUT2D eigenvalue weighted by Gasteiger charge is 2.30. The molecule has 0 saturated heterocycles. The van der Waals surface area contributed by atoms with Crippen molar-refractivity contribution in [3.8, 4) is 0 Å². The van der Waals surface area contributed by atoms with Gasteiger partial charge >= 0.3 is 0 Å². The Bertz CT molecular complexity index is 621. The summed E-state index contributed by atoms with van der Waals surface area (Å²) in [4.78, 5) is 4.77. The van der Waals surface area contributed by atoms with Gasteiger partial charge in [-0.05, 0) is 36.9 Å². The van der Waals surface area contributed by atoms with Crippen LogP contribution in [0.1, 0.15) is 32.3 Å². The standard InChI is InChI=1S/C14H21N3O2S/c1-14(2,8-5-9-15)10-16-13-11-6-3-4-7-12(11)20(18,19)17-13/h3-4,6-7H,5,8-10,15H2,1-2H3,(H,16,17). The molecule has 0 amide bonds. The number of aliphatic imine (C=N–C) groups is 1. The smallest absolute Gasteiger partial charge is 0.263 e. The number of nitrogens with two attached hydrogens (primary N) is 1. The molecule has 0 atom stereocenters. The van der Waals surface area contributed by atoms with Crippen molar-refractivity contribution in [2.75, 3.05) is 13.1 Å². The highest BCUT2D eigenvalue weighted by atomic mass is 32.2. The number of nitrogens with one attached hydrogen (secondary N) is 1. The molecule has 0 radical (unpaired) electrons. The monoisotopic (exact) mass is 295 g/mol. The fraction of sp³-hybridized carbons (Fsp3) is 0.500. The fourth-order valence-corrected chi connectivity index (χ4v) is 3.45. The van der Waals surface area contributed by atoms with Crippen molar-refractivity contribution >= 4 is 15.9 Å². The Balaban J connectivity index is 2.21. The maximum atomic E-state index is 12.0. The van der Waals surface area contributed by atoms with Gasteiger partial charge in [0.05, 0.1) is 4.90 Å². The molecule has 1 aliphatic rings. The van der Waals surface area contributed by atoms with Crippen molar-refractivity contribution < 1.29 is 8.42 Å². The van der Waals surface area contributed by atoms with Crippen molar-refractivity contribution in [2.45, 2.75) is 31.6 Å². The molecule has 2 rings (SSSR count). The lowest BCUT2D eigenvalue weighted by Gasteiger charge is -2.22. The number of nitrogens with zero attached hydrogens (tertiary/aromatic N) is 1. The summed E-state index contributed by atoms with van der Waals surface area (Å²) in [6.07, 6.45) is 1.91. The van der Waals surface area contributed by atoms with Crippen LogP contribution < -0.4 is 10.5 Å². The molecule has 6 heteroatoms. The van der Waals surface area contributed by atoms with E-state index in [0.29, 0.717) is 29.4 Å². The van der Waals surface area contributed by atoms with Crippen molar-refractivity contribution in [2.24, 2.45) is 16.1 Å². The maximum absolute atomic E-state index is 12.0. The first-order valence-electron chi connectivity index (χ1n) is 6.72. The second kappa shape index (κ2) is 5.54. The zero-order valence-corrected chi connectivity index (χ0v) is 12.7. The van der Waals surface area contributed by atoms with Gasteiger partial charge in [-0.3, -0.25) is 9.71 Å². The van der Waals surface area contributed by atoms with Gasteiger partial charge in [-0.25, -0.2) is 8.42 Å². The van der Waals surface area contributed by atoms with Crippen LogP contribution >= 0.6 is 0 Å². The summed E-state index contributed by atoms with van der Waals surface area (Å²) in [6.45, 7) is 5.46. The van der Waals surface area contributed by atoms with E-state index in [1.807, 2.05) is 6.07 Å². The fourth-order valence-electron chi connectivity index (χ4n) is 2.20. The van der Waals surface area contributed by atoms with Gasteiger partial charge in [-0.15, -0.1) is 0 Å². The van der Waals surface area contributed by atoms with E-state index < -0.39 is 10.0 Å². The molecule has 1 heterocycles. The second-order valence-corrected chi connectivity index (χ2v) is 7.47. The average molecular weight is 295 g/mol. The van der Waals surface area contributed by atoms with Crippen LogP contribution in [0.3, 0.4) is 0 Å². The lowest BCUT2D eigenvalue weighted by atomic mass is 9.88.